The first kappa shape index (κ1) is 23.8. The Labute approximate surface area is 158 Å². The van der Waals surface area contributed by atoms with Crippen molar-refractivity contribution in [2.24, 2.45) is 11.7 Å². The van der Waals surface area contributed by atoms with E-state index in [1.165, 1.54) is 17.0 Å². The van der Waals surface area contributed by atoms with Crippen LogP contribution >= 0.6 is 0 Å². The number of amides is 3. The van der Waals surface area contributed by atoms with Gasteiger partial charge in [-0.1, -0.05) is 24.6 Å². The highest BCUT2D eigenvalue weighted by molar-refractivity contribution is 5.99. The van der Waals surface area contributed by atoms with E-state index in [0.717, 1.165) is 11.3 Å². The van der Waals surface area contributed by atoms with Gasteiger partial charge in [-0.15, -0.1) is 0 Å². The number of anilines is 1. The number of nitrogens with two attached hydrogens (primary N) is 1. The van der Waals surface area contributed by atoms with Crippen LogP contribution in [-0.2, 0) is 4.79 Å². The number of carbonyl (C=O) groups excluding carboxylic acids is 3. The minimum atomic E-state index is -0.940. The Balaban J connectivity index is 0.00000119. The molecule has 0 aromatic heterocycles. The Morgan fingerprint density at radius 1 is 1.07 bits per heavy atom. The molecule has 0 heterocycles. The van der Waals surface area contributed by atoms with E-state index in [9.17, 15) is 14.4 Å². The Morgan fingerprint density at radius 3 is 2.00 bits per heavy atom. The Morgan fingerprint density at radius 2 is 1.59 bits per heavy atom. The molecule has 0 aliphatic carbocycles. The summed E-state index contributed by atoms with van der Waals surface area (Å²) < 4.78 is 0. The van der Waals surface area contributed by atoms with E-state index in [1.807, 2.05) is 50.2 Å². The number of primary amides is 1. The molecule has 0 aliphatic rings. The van der Waals surface area contributed by atoms with Crippen LogP contribution in [0.25, 0.3) is 0 Å². The number of allylic oxidation sites excluding steroid dienone is 3. The number of nitrogens with one attached hydrogen (secondary N) is 2. The molecule has 9 heteroatoms. The number of nitrogens with zero attached hydrogens (tertiary/aromatic N) is 1. The first-order valence-corrected chi connectivity index (χ1v) is 7.94. The smallest absolute Gasteiger partial charge is 0.335 e. The van der Waals surface area contributed by atoms with Crippen LogP contribution in [0.15, 0.2) is 48.1 Å². The highest BCUT2D eigenvalue weighted by Crippen LogP contribution is 2.17. The number of hydrogen-bond donors (Lipinski definition) is 5. The number of urea groups is 1. The fraction of sp³-hybridized carbons (Fsp3) is 0.278. The topological polar surface area (TPSA) is 145 Å². The molecule has 1 aromatic carbocycles. The molecule has 1 atom stereocenters. The number of hydroxylamine groups is 2. The van der Waals surface area contributed by atoms with Crippen LogP contribution < -0.4 is 21.6 Å². The van der Waals surface area contributed by atoms with Crippen LogP contribution in [-0.4, -0.2) is 42.2 Å². The molecular weight excluding hydrogens is 352 g/mol. The Hall–Kier alpha value is -3.17. The van der Waals surface area contributed by atoms with Crippen molar-refractivity contribution in [3.63, 3.8) is 0 Å². The van der Waals surface area contributed by atoms with Gasteiger partial charge in [0.2, 0.25) is 0 Å². The van der Waals surface area contributed by atoms with Crippen molar-refractivity contribution in [2.75, 3.05) is 19.0 Å². The minimum absolute atomic E-state index is 0.0182. The maximum atomic E-state index is 12.4. The number of benzene rings is 1. The molecule has 0 bridgehead atoms. The van der Waals surface area contributed by atoms with Crippen molar-refractivity contribution in [1.29, 1.82) is 0 Å². The summed E-state index contributed by atoms with van der Waals surface area (Å²) in [5.74, 6) is -0.886. The fourth-order valence-electron chi connectivity index (χ4n) is 1.96. The lowest BCUT2D eigenvalue weighted by molar-refractivity contribution is -0.124. The molecule has 6 N–H and O–H groups in total. The third kappa shape index (κ3) is 9.78. The number of Topliss-reactive ketones (excluding diaryl/α,β-unsaturated/α-hetero) is 1. The van der Waals surface area contributed by atoms with Gasteiger partial charge in [-0.2, -0.15) is 0 Å². The predicted molar refractivity (Wildman–Crippen MR) is 102 cm³/mol. The summed E-state index contributed by atoms with van der Waals surface area (Å²) in [5, 5.41) is 15.8. The van der Waals surface area contributed by atoms with E-state index in [4.69, 9.17) is 10.4 Å². The Bertz CT molecular complexity index is 696. The quantitative estimate of drug-likeness (QED) is 0.167. The summed E-state index contributed by atoms with van der Waals surface area (Å²) in [6, 6.07) is 6.49. The lowest BCUT2D eigenvalue weighted by Gasteiger charge is -2.13. The molecule has 0 fully saturated rings. The zero-order valence-electron chi connectivity index (χ0n) is 15.8. The SMILES string of the molecule is CC(C=CC(=O)NO)=CC(C)C(=O)c1ccc(N(C)C)cc1.NC(=O)NO. The molecule has 148 valence electrons. The summed E-state index contributed by atoms with van der Waals surface area (Å²) in [4.78, 5) is 34.5. The van der Waals surface area contributed by atoms with Gasteiger partial charge in [-0.05, 0) is 31.2 Å². The monoisotopic (exact) mass is 378 g/mol. The molecule has 1 rings (SSSR count). The molecule has 0 radical (unpaired) electrons. The van der Waals surface area contributed by atoms with Gasteiger partial charge in [-0.25, -0.2) is 15.8 Å². The maximum Gasteiger partial charge on any atom is 0.335 e. The van der Waals surface area contributed by atoms with Crippen molar-refractivity contribution in [3.8, 4) is 0 Å². The highest BCUT2D eigenvalue weighted by atomic mass is 16.5. The average molecular weight is 378 g/mol. The molecule has 0 aliphatic heterocycles. The Kier molecular flexibility index (Phi) is 10.8. The van der Waals surface area contributed by atoms with E-state index in [1.54, 1.807) is 19.1 Å². The van der Waals surface area contributed by atoms with Crippen LogP contribution in [0.1, 0.15) is 24.2 Å². The van der Waals surface area contributed by atoms with Crippen molar-refractivity contribution in [3.05, 3.63) is 53.6 Å². The third-order valence-corrected chi connectivity index (χ3v) is 3.31. The molecule has 1 aromatic rings. The molecule has 27 heavy (non-hydrogen) atoms. The van der Waals surface area contributed by atoms with E-state index in [2.05, 4.69) is 5.73 Å². The summed E-state index contributed by atoms with van der Waals surface area (Å²) in [7, 11) is 3.89. The lowest BCUT2D eigenvalue weighted by Crippen LogP contribution is -2.25. The number of hydrogen-bond acceptors (Lipinski definition) is 6. The number of ketones is 1. The zero-order valence-corrected chi connectivity index (χ0v) is 15.8. The van der Waals surface area contributed by atoms with Gasteiger partial charge >= 0.3 is 6.03 Å². The van der Waals surface area contributed by atoms with Crippen LogP contribution in [0.4, 0.5) is 10.5 Å². The van der Waals surface area contributed by atoms with Gasteiger partial charge in [-0.3, -0.25) is 20.0 Å². The van der Waals surface area contributed by atoms with E-state index in [0.29, 0.717) is 5.56 Å². The van der Waals surface area contributed by atoms with Crippen molar-refractivity contribution >= 4 is 23.4 Å². The highest BCUT2D eigenvalue weighted by Gasteiger charge is 2.13. The summed E-state index contributed by atoms with van der Waals surface area (Å²) in [6.45, 7) is 3.60. The van der Waals surface area contributed by atoms with Crippen LogP contribution in [0.5, 0.6) is 0 Å². The minimum Gasteiger partial charge on any atom is -0.378 e. The van der Waals surface area contributed by atoms with Gasteiger partial charge in [0.15, 0.2) is 5.78 Å². The zero-order chi connectivity index (χ0) is 21.0. The second-order valence-electron chi connectivity index (χ2n) is 5.79. The molecule has 1 unspecified atom stereocenters. The number of rotatable bonds is 6. The lowest BCUT2D eigenvalue weighted by atomic mass is 9.97. The molecule has 9 nitrogen and oxygen atoms in total. The first-order valence-electron chi connectivity index (χ1n) is 7.94. The fourth-order valence-corrected chi connectivity index (χ4v) is 1.96. The normalized spacial score (nSPS) is 11.9. The van der Waals surface area contributed by atoms with Gasteiger partial charge in [0.1, 0.15) is 0 Å². The van der Waals surface area contributed by atoms with Crippen molar-refractivity contribution in [2.45, 2.75) is 13.8 Å². The molecule has 0 saturated carbocycles. The third-order valence-electron chi connectivity index (χ3n) is 3.31. The van der Waals surface area contributed by atoms with E-state index in [-0.39, 0.29) is 11.7 Å². The summed E-state index contributed by atoms with van der Waals surface area (Å²) >= 11 is 0. The van der Waals surface area contributed by atoms with Crippen molar-refractivity contribution in [1.82, 2.24) is 11.0 Å². The first-order chi connectivity index (χ1) is 12.6. The van der Waals surface area contributed by atoms with Gasteiger partial charge in [0, 0.05) is 37.3 Å². The maximum absolute atomic E-state index is 12.4. The average Bonchev–Trinajstić information content (AvgIpc) is 2.65. The van der Waals surface area contributed by atoms with Gasteiger partial charge in [0.25, 0.3) is 5.91 Å². The molecular formula is C18H26N4O5. The largest absolute Gasteiger partial charge is 0.378 e. The summed E-state index contributed by atoms with van der Waals surface area (Å²) in [6.07, 6.45) is 4.53. The standard InChI is InChI=1S/C17H22N2O3.CH4N2O2/c1-12(5-10-16(20)18-22)11-13(2)17(21)14-6-8-15(9-7-14)19(3)4;2-1(4)3-5/h5-11,13,22H,1-4H3,(H,18,20);5H,(H3,2,3,4). The molecule has 0 spiro atoms. The second kappa shape index (κ2) is 12.2. The van der Waals surface area contributed by atoms with E-state index < -0.39 is 11.9 Å². The van der Waals surface area contributed by atoms with Crippen LogP contribution in [0, 0.1) is 5.92 Å². The second-order valence-corrected chi connectivity index (χ2v) is 5.79. The molecule has 0 saturated heterocycles. The van der Waals surface area contributed by atoms with Crippen molar-refractivity contribution < 1.29 is 24.8 Å². The summed E-state index contributed by atoms with van der Waals surface area (Å²) in [5.41, 5.74) is 9.43. The van der Waals surface area contributed by atoms with E-state index >= 15 is 0 Å². The molecule has 3 amide bonds. The van der Waals surface area contributed by atoms with Gasteiger partial charge < -0.3 is 10.6 Å². The number of carbonyl (C=O) groups is 3. The van der Waals surface area contributed by atoms with Crippen LogP contribution in [0.2, 0.25) is 0 Å². The van der Waals surface area contributed by atoms with Crippen LogP contribution in [0.3, 0.4) is 0 Å². The predicted octanol–water partition coefficient (Wildman–Crippen LogP) is 1.62. The van der Waals surface area contributed by atoms with Gasteiger partial charge in [0.05, 0.1) is 0 Å².